The summed E-state index contributed by atoms with van der Waals surface area (Å²) in [4.78, 5) is 23.4. The normalized spacial score (nSPS) is 12.1. The minimum Gasteiger partial charge on any atom is -0.353 e. The van der Waals surface area contributed by atoms with E-state index < -0.39 is 6.04 Å². The van der Waals surface area contributed by atoms with E-state index in [4.69, 9.17) is 0 Å². The van der Waals surface area contributed by atoms with Crippen LogP contribution in [0.15, 0.2) is 24.3 Å². The zero-order valence-electron chi connectivity index (χ0n) is 12.5. The summed E-state index contributed by atoms with van der Waals surface area (Å²) < 4.78 is 0. The van der Waals surface area contributed by atoms with Crippen molar-refractivity contribution in [2.24, 2.45) is 0 Å². The van der Waals surface area contributed by atoms with Crippen molar-refractivity contribution in [2.75, 3.05) is 11.9 Å². The molecule has 0 spiro atoms. The highest BCUT2D eigenvalue weighted by atomic mass is 16.2. The quantitative estimate of drug-likeness (QED) is 0.737. The van der Waals surface area contributed by atoms with Gasteiger partial charge in [0, 0.05) is 11.7 Å². The Hall–Kier alpha value is -1.88. The monoisotopic (exact) mass is 277 g/mol. The fourth-order valence-electron chi connectivity index (χ4n) is 1.60. The zero-order valence-corrected chi connectivity index (χ0v) is 12.5. The zero-order chi connectivity index (χ0) is 15.1. The molecule has 1 aromatic carbocycles. The summed E-state index contributed by atoms with van der Waals surface area (Å²) in [5.41, 5.74) is 1.89. The number of anilines is 1. The molecule has 2 amide bonds. The Bertz CT molecular complexity index is 455. The predicted molar refractivity (Wildman–Crippen MR) is 80.6 cm³/mol. The van der Waals surface area contributed by atoms with Gasteiger partial charge in [-0.1, -0.05) is 17.7 Å². The van der Waals surface area contributed by atoms with E-state index in [1.165, 1.54) is 0 Å². The lowest BCUT2D eigenvalue weighted by Gasteiger charge is -2.15. The number of amides is 2. The summed E-state index contributed by atoms with van der Waals surface area (Å²) in [5, 5.41) is 8.46. The van der Waals surface area contributed by atoms with Gasteiger partial charge < -0.3 is 10.6 Å². The van der Waals surface area contributed by atoms with Gasteiger partial charge in [0.25, 0.3) is 0 Å². The molecule has 0 aliphatic rings. The number of nitrogens with one attached hydrogen (secondary N) is 3. The van der Waals surface area contributed by atoms with Crippen LogP contribution in [0, 0.1) is 6.92 Å². The third-order valence-electron chi connectivity index (χ3n) is 2.73. The Labute approximate surface area is 120 Å². The SMILES string of the molecule is Cc1ccc(NC(=O)C(C)NCC(=O)NC(C)C)cc1. The molecule has 3 N–H and O–H groups in total. The number of hydrogen-bond acceptors (Lipinski definition) is 3. The molecule has 5 nitrogen and oxygen atoms in total. The first-order chi connectivity index (χ1) is 9.38. The van der Waals surface area contributed by atoms with Gasteiger partial charge in [-0.3, -0.25) is 14.9 Å². The van der Waals surface area contributed by atoms with Crippen LogP contribution in [0.3, 0.4) is 0 Å². The van der Waals surface area contributed by atoms with Crippen molar-refractivity contribution in [3.63, 3.8) is 0 Å². The molecular formula is C15H23N3O2. The van der Waals surface area contributed by atoms with Gasteiger partial charge in [0.05, 0.1) is 12.6 Å². The van der Waals surface area contributed by atoms with Crippen molar-refractivity contribution in [3.8, 4) is 0 Å². The van der Waals surface area contributed by atoms with E-state index in [0.717, 1.165) is 11.3 Å². The Morgan fingerprint density at radius 1 is 1.10 bits per heavy atom. The van der Waals surface area contributed by atoms with Gasteiger partial charge in [-0.15, -0.1) is 0 Å². The van der Waals surface area contributed by atoms with Crippen molar-refractivity contribution >= 4 is 17.5 Å². The third kappa shape index (κ3) is 5.84. The van der Waals surface area contributed by atoms with Crippen molar-refractivity contribution in [3.05, 3.63) is 29.8 Å². The second-order valence-corrected chi connectivity index (χ2v) is 5.18. The highest BCUT2D eigenvalue weighted by Gasteiger charge is 2.14. The van der Waals surface area contributed by atoms with Crippen LogP contribution in [0.1, 0.15) is 26.3 Å². The van der Waals surface area contributed by atoms with Crippen molar-refractivity contribution in [1.29, 1.82) is 0 Å². The van der Waals surface area contributed by atoms with Crippen LogP contribution >= 0.6 is 0 Å². The van der Waals surface area contributed by atoms with Gasteiger partial charge in [-0.05, 0) is 39.8 Å². The van der Waals surface area contributed by atoms with Crippen molar-refractivity contribution in [2.45, 2.75) is 39.8 Å². The summed E-state index contributed by atoms with van der Waals surface area (Å²) in [6, 6.07) is 7.24. The van der Waals surface area contributed by atoms with Crippen LogP contribution in [-0.4, -0.2) is 30.4 Å². The average Bonchev–Trinajstić information content (AvgIpc) is 2.37. The summed E-state index contributed by atoms with van der Waals surface area (Å²) in [7, 11) is 0. The molecule has 5 heteroatoms. The smallest absolute Gasteiger partial charge is 0.241 e. The van der Waals surface area contributed by atoms with Gasteiger partial charge in [0.1, 0.15) is 0 Å². The lowest BCUT2D eigenvalue weighted by Crippen LogP contribution is -2.44. The first-order valence-corrected chi connectivity index (χ1v) is 6.78. The molecule has 0 fully saturated rings. The third-order valence-corrected chi connectivity index (χ3v) is 2.73. The molecule has 0 saturated carbocycles. The number of aryl methyl sites for hydroxylation is 1. The molecule has 1 rings (SSSR count). The van der Waals surface area contributed by atoms with Gasteiger partial charge in [-0.2, -0.15) is 0 Å². The standard InChI is InChI=1S/C15H23N3O2/c1-10(2)17-14(19)9-16-12(4)15(20)18-13-7-5-11(3)6-8-13/h5-8,10,12,16H,9H2,1-4H3,(H,17,19)(H,18,20). The predicted octanol–water partition coefficient (Wildman–Crippen LogP) is 1.44. The number of hydrogen-bond donors (Lipinski definition) is 3. The Morgan fingerprint density at radius 2 is 1.70 bits per heavy atom. The fraction of sp³-hybridized carbons (Fsp3) is 0.467. The maximum absolute atomic E-state index is 11.9. The van der Waals surface area contributed by atoms with E-state index in [9.17, 15) is 9.59 Å². The van der Waals surface area contributed by atoms with E-state index in [2.05, 4.69) is 16.0 Å². The van der Waals surface area contributed by atoms with Gasteiger partial charge in [0.15, 0.2) is 0 Å². The molecule has 0 aliphatic carbocycles. The number of benzene rings is 1. The molecule has 1 atom stereocenters. The van der Waals surface area contributed by atoms with E-state index in [1.54, 1.807) is 6.92 Å². The first-order valence-electron chi connectivity index (χ1n) is 6.78. The molecule has 1 aromatic rings. The fourth-order valence-corrected chi connectivity index (χ4v) is 1.60. The van der Waals surface area contributed by atoms with E-state index in [-0.39, 0.29) is 24.4 Å². The summed E-state index contributed by atoms with van der Waals surface area (Å²) in [6.45, 7) is 7.63. The average molecular weight is 277 g/mol. The van der Waals surface area contributed by atoms with Crippen LogP contribution < -0.4 is 16.0 Å². The lowest BCUT2D eigenvalue weighted by atomic mass is 10.2. The van der Waals surface area contributed by atoms with E-state index >= 15 is 0 Å². The second kappa shape index (κ2) is 7.65. The topological polar surface area (TPSA) is 70.2 Å². The molecule has 0 saturated heterocycles. The molecule has 0 radical (unpaired) electrons. The van der Waals surface area contributed by atoms with Gasteiger partial charge in [0.2, 0.25) is 11.8 Å². The first kappa shape index (κ1) is 16.2. The molecule has 1 unspecified atom stereocenters. The molecule has 0 aromatic heterocycles. The van der Waals surface area contributed by atoms with Crippen molar-refractivity contribution in [1.82, 2.24) is 10.6 Å². The molecule has 20 heavy (non-hydrogen) atoms. The summed E-state index contributed by atoms with van der Waals surface area (Å²) in [5.74, 6) is -0.277. The maximum Gasteiger partial charge on any atom is 0.241 e. The number of rotatable bonds is 6. The number of carbonyl (C=O) groups excluding carboxylic acids is 2. The molecular weight excluding hydrogens is 254 g/mol. The minimum absolute atomic E-state index is 0.0981. The summed E-state index contributed by atoms with van der Waals surface area (Å²) >= 11 is 0. The van der Waals surface area contributed by atoms with Crippen molar-refractivity contribution < 1.29 is 9.59 Å². The molecule has 0 heterocycles. The Morgan fingerprint density at radius 3 is 2.25 bits per heavy atom. The molecule has 110 valence electrons. The summed E-state index contributed by atoms with van der Waals surface area (Å²) in [6.07, 6.45) is 0. The molecule has 0 bridgehead atoms. The Balaban J connectivity index is 2.39. The second-order valence-electron chi connectivity index (χ2n) is 5.18. The largest absolute Gasteiger partial charge is 0.353 e. The van der Waals surface area contributed by atoms with Gasteiger partial charge in [-0.25, -0.2) is 0 Å². The number of carbonyl (C=O) groups is 2. The van der Waals surface area contributed by atoms with Crippen LogP contribution in [0.2, 0.25) is 0 Å². The maximum atomic E-state index is 11.9. The van der Waals surface area contributed by atoms with Gasteiger partial charge >= 0.3 is 0 Å². The van der Waals surface area contributed by atoms with Crippen LogP contribution in [0.25, 0.3) is 0 Å². The highest BCUT2D eigenvalue weighted by Crippen LogP contribution is 2.08. The van der Waals surface area contributed by atoms with Crippen LogP contribution in [-0.2, 0) is 9.59 Å². The van der Waals surface area contributed by atoms with E-state index in [0.29, 0.717) is 0 Å². The molecule has 0 aliphatic heterocycles. The Kier molecular flexibility index (Phi) is 6.18. The van der Waals surface area contributed by atoms with Crippen LogP contribution in [0.4, 0.5) is 5.69 Å². The lowest BCUT2D eigenvalue weighted by molar-refractivity contribution is -0.121. The highest BCUT2D eigenvalue weighted by molar-refractivity contribution is 5.94. The van der Waals surface area contributed by atoms with Crippen LogP contribution in [0.5, 0.6) is 0 Å². The van der Waals surface area contributed by atoms with E-state index in [1.807, 2.05) is 45.0 Å². The minimum atomic E-state index is -0.436.